The topological polar surface area (TPSA) is 55.3 Å². The van der Waals surface area contributed by atoms with Crippen molar-refractivity contribution in [1.29, 1.82) is 0 Å². The Morgan fingerprint density at radius 1 is 1.21 bits per heavy atom. The second-order valence-corrected chi connectivity index (χ2v) is 4.76. The van der Waals surface area contributed by atoms with Gasteiger partial charge in [-0.1, -0.05) is 0 Å². The highest BCUT2D eigenvalue weighted by Crippen LogP contribution is 2.29. The van der Waals surface area contributed by atoms with Gasteiger partial charge in [0.25, 0.3) is 5.91 Å². The second-order valence-electron chi connectivity index (χ2n) is 4.76. The zero-order chi connectivity index (χ0) is 17.7. The van der Waals surface area contributed by atoms with Crippen LogP contribution in [0.15, 0.2) is 36.8 Å². The van der Waals surface area contributed by atoms with E-state index in [1.165, 1.54) is 17.3 Å². The quantitative estimate of drug-likeness (QED) is 0.836. The van der Waals surface area contributed by atoms with E-state index in [0.717, 1.165) is 18.3 Å². The minimum atomic E-state index is -4.54. The van der Waals surface area contributed by atoms with Crippen LogP contribution in [0.3, 0.4) is 0 Å². The number of amides is 1. The van der Waals surface area contributed by atoms with Crippen molar-refractivity contribution in [2.45, 2.75) is 20.0 Å². The molecule has 0 atom stereocenters. The van der Waals surface area contributed by atoms with Crippen LogP contribution in [-0.4, -0.2) is 29.0 Å². The van der Waals surface area contributed by atoms with E-state index in [2.05, 4.69) is 9.97 Å². The molecule has 2 aromatic rings. The number of aromatic nitrogens is 2. The molecule has 2 heterocycles. The van der Waals surface area contributed by atoms with Gasteiger partial charge in [0.2, 0.25) is 0 Å². The molecule has 0 aromatic carbocycles. The fraction of sp³-hybridized carbons (Fsp3) is 0.312. The van der Waals surface area contributed by atoms with Gasteiger partial charge in [0.15, 0.2) is 5.75 Å². The lowest BCUT2D eigenvalue weighted by atomic mass is 10.2. The van der Waals surface area contributed by atoms with Gasteiger partial charge < -0.3 is 9.64 Å². The van der Waals surface area contributed by atoms with Gasteiger partial charge in [-0.2, -0.15) is 13.2 Å². The first-order valence-electron chi connectivity index (χ1n) is 7.30. The zero-order valence-corrected chi connectivity index (χ0v) is 13.2. The number of hydrogen-bond acceptors (Lipinski definition) is 4. The van der Waals surface area contributed by atoms with Crippen molar-refractivity contribution in [2.75, 3.05) is 18.1 Å². The van der Waals surface area contributed by atoms with Crippen molar-refractivity contribution >= 4 is 11.6 Å². The van der Waals surface area contributed by atoms with E-state index in [4.69, 9.17) is 4.74 Å². The monoisotopic (exact) mass is 339 g/mol. The molecule has 0 radical (unpaired) electrons. The maximum atomic E-state index is 12.6. The van der Waals surface area contributed by atoms with Gasteiger partial charge in [-0.15, -0.1) is 0 Å². The summed E-state index contributed by atoms with van der Waals surface area (Å²) in [7, 11) is 0. The number of anilines is 1. The SMILES string of the molecule is CCOc1cnccc1N(CC)C(=O)c1ccc(C(F)(F)F)nc1. The second kappa shape index (κ2) is 7.29. The van der Waals surface area contributed by atoms with Gasteiger partial charge in [-0.3, -0.25) is 14.8 Å². The van der Waals surface area contributed by atoms with Crippen LogP contribution in [0.4, 0.5) is 18.9 Å². The van der Waals surface area contributed by atoms with Crippen LogP contribution < -0.4 is 9.64 Å². The fourth-order valence-corrected chi connectivity index (χ4v) is 2.13. The summed E-state index contributed by atoms with van der Waals surface area (Å²) in [6.45, 7) is 4.26. The minimum absolute atomic E-state index is 0.0594. The Labute approximate surface area is 137 Å². The first kappa shape index (κ1) is 17.7. The van der Waals surface area contributed by atoms with E-state index in [9.17, 15) is 18.0 Å². The van der Waals surface area contributed by atoms with Gasteiger partial charge in [-0.05, 0) is 32.0 Å². The predicted octanol–water partition coefficient (Wildman–Crippen LogP) is 3.56. The lowest BCUT2D eigenvalue weighted by Crippen LogP contribution is -2.31. The molecule has 24 heavy (non-hydrogen) atoms. The van der Waals surface area contributed by atoms with Crippen LogP contribution in [0.1, 0.15) is 29.9 Å². The molecule has 0 bridgehead atoms. The van der Waals surface area contributed by atoms with E-state index >= 15 is 0 Å². The molecule has 0 N–H and O–H groups in total. The van der Waals surface area contributed by atoms with E-state index < -0.39 is 17.8 Å². The van der Waals surface area contributed by atoms with Crippen molar-refractivity contribution in [1.82, 2.24) is 9.97 Å². The Morgan fingerprint density at radius 2 is 1.96 bits per heavy atom. The summed E-state index contributed by atoms with van der Waals surface area (Å²) in [6, 6.07) is 3.52. The Kier molecular flexibility index (Phi) is 5.38. The molecule has 0 aliphatic carbocycles. The Morgan fingerprint density at radius 3 is 2.50 bits per heavy atom. The number of ether oxygens (including phenoxy) is 1. The number of alkyl halides is 3. The normalized spacial score (nSPS) is 11.2. The molecule has 2 rings (SSSR count). The Hall–Kier alpha value is -2.64. The van der Waals surface area contributed by atoms with Crippen LogP contribution in [-0.2, 0) is 6.18 Å². The molecule has 0 unspecified atom stereocenters. The number of halogens is 3. The largest absolute Gasteiger partial charge is 0.490 e. The third-order valence-corrected chi connectivity index (χ3v) is 3.22. The van der Waals surface area contributed by atoms with Gasteiger partial charge >= 0.3 is 6.18 Å². The molecule has 0 saturated carbocycles. The number of hydrogen-bond donors (Lipinski definition) is 0. The van der Waals surface area contributed by atoms with E-state index in [1.54, 1.807) is 19.9 Å². The van der Waals surface area contributed by atoms with Gasteiger partial charge in [0, 0.05) is 18.9 Å². The summed E-state index contributed by atoms with van der Waals surface area (Å²) in [5.41, 5.74) is -0.482. The highest BCUT2D eigenvalue weighted by molar-refractivity contribution is 6.06. The molecule has 0 fully saturated rings. The Balaban J connectivity index is 2.33. The number of carbonyl (C=O) groups excluding carboxylic acids is 1. The number of carbonyl (C=O) groups is 1. The maximum Gasteiger partial charge on any atom is 0.433 e. The van der Waals surface area contributed by atoms with Crippen LogP contribution in [0.5, 0.6) is 5.75 Å². The standard InChI is InChI=1S/C16H16F3N3O2/c1-3-22(12-7-8-20-10-13(12)24-4-2)15(23)11-5-6-14(21-9-11)16(17,18)19/h5-10H,3-4H2,1-2H3. The third-order valence-electron chi connectivity index (χ3n) is 3.22. The van der Waals surface area contributed by atoms with Crippen molar-refractivity contribution in [3.05, 3.63) is 48.0 Å². The predicted molar refractivity (Wildman–Crippen MR) is 82.0 cm³/mol. The maximum absolute atomic E-state index is 12.6. The van der Waals surface area contributed by atoms with E-state index in [0.29, 0.717) is 24.6 Å². The lowest BCUT2D eigenvalue weighted by molar-refractivity contribution is -0.141. The zero-order valence-electron chi connectivity index (χ0n) is 13.2. The first-order chi connectivity index (χ1) is 11.4. The highest BCUT2D eigenvalue weighted by atomic mass is 19.4. The molecule has 8 heteroatoms. The van der Waals surface area contributed by atoms with Crippen molar-refractivity contribution in [2.24, 2.45) is 0 Å². The molecule has 0 spiro atoms. The molecular formula is C16H16F3N3O2. The lowest BCUT2D eigenvalue weighted by Gasteiger charge is -2.23. The highest BCUT2D eigenvalue weighted by Gasteiger charge is 2.32. The Bertz CT molecular complexity index is 702. The first-order valence-corrected chi connectivity index (χ1v) is 7.30. The van der Waals surface area contributed by atoms with Crippen LogP contribution >= 0.6 is 0 Å². The van der Waals surface area contributed by atoms with Gasteiger partial charge in [-0.25, -0.2) is 0 Å². The number of nitrogens with zero attached hydrogens (tertiary/aromatic N) is 3. The molecule has 0 saturated heterocycles. The molecule has 128 valence electrons. The molecule has 2 aromatic heterocycles. The molecule has 0 aliphatic rings. The molecule has 5 nitrogen and oxygen atoms in total. The van der Waals surface area contributed by atoms with Crippen LogP contribution in [0.25, 0.3) is 0 Å². The van der Waals surface area contributed by atoms with E-state index in [-0.39, 0.29) is 5.56 Å². The summed E-state index contributed by atoms with van der Waals surface area (Å²) in [4.78, 5) is 21.3. The summed E-state index contributed by atoms with van der Waals surface area (Å²) in [5, 5.41) is 0. The van der Waals surface area contributed by atoms with Gasteiger partial charge in [0.05, 0.1) is 24.1 Å². The van der Waals surface area contributed by atoms with E-state index in [1.807, 2.05) is 0 Å². The summed E-state index contributed by atoms with van der Waals surface area (Å²) in [6.07, 6.45) is -0.618. The van der Waals surface area contributed by atoms with Gasteiger partial charge in [0.1, 0.15) is 5.69 Å². The van der Waals surface area contributed by atoms with Crippen molar-refractivity contribution in [3.8, 4) is 5.75 Å². The van der Waals surface area contributed by atoms with Crippen molar-refractivity contribution in [3.63, 3.8) is 0 Å². The average Bonchev–Trinajstić information content (AvgIpc) is 2.56. The molecule has 1 amide bonds. The van der Waals surface area contributed by atoms with Crippen molar-refractivity contribution < 1.29 is 22.7 Å². The molecule has 0 aliphatic heterocycles. The van der Waals surface area contributed by atoms with Crippen LogP contribution in [0.2, 0.25) is 0 Å². The summed E-state index contributed by atoms with van der Waals surface area (Å²) >= 11 is 0. The summed E-state index contributed by atoms with van der Waals surface area (Å²) < 4.78 is 43.1. The summed E-state index contributed by atoms with van der Waals surface area (Å²) in [5.74, 6) is -0.0408. The number of pyridine rings is 2. The average molecular weight is 339 g/mol. The minimum Gasteiger partial charge on any atom is -0.490 e. The smallest absolute Gasteiger partial charge is 0.433 e. The van der Waals surface area contributed by atoms with Crippen LogP contribution in [0, 0.1) is 0 Å². The fourth-order valence-electron chi connectivity index (χ4n) is 2.13. The third kappa shape index (κ3) is 3.81. The number of rotatable bonds is 5. The molecular weight excluding hydrogens is 323 g/mol.